The smallest absolute Gasteiger partial charge is 0.317 e. The van der Waals surface area contributed by atoms with Crippen molar-refractivity contribution in [1.82, 2.24) is 15.5 Å². The molecule has 0 aliphatic carbocycles. The lowest BCUT2D eigenvalue weighted by molar-refractivity contribution is -0.123. The molecule has 6 heteroatoms. The number of furan rings is 1. The summed E-state index contributed by atoms with van der Waals surface area (Å²) in [7, 11) is 0. The van der Waals surface area contributed by atoms with E-state index in [2.05, 4.69) is 24.5 Å². The predicted octanol–water partition coefficient (Wildman–Crippen LogP) is 3.23. The number of urea groups is 1. The Morgan fingerprint density at radius 3 is 2.72 bits per heavy atom. The Morgan fingerprint density at radius 2 is 2.08 bits per heavy atom. The number of rotatable bonds is 6. The molecule has 2 heterocycles. The van der Waals surface area contributed by atoms with Gasteiger partial charge in [-0.1, -0.05) is 13.8 Å². The van der Waals surface area contributed by atoms with Crippen molar-refractivity contribution >= 4 is 11.9 Å². The first kappa shape index (κ1) is 19.3. The van der Waals surface area contributed by atoms with Crippen LogP contribution in [0.1, 0.15) is 57.6 Å². The molecule has 1 aromatic heterocycles. The summed E-state index contributed by atoms with van der Waals surface area (Å²) in [5.41, 5.74) is 0. The van der Waals surface area contributed by atoms with Gasteiger partial charge in [-0.2, -0.15) is 0 Å². The Balaban J connectivity index is 1.79. The quantitative estimate of drug-likeness (QED) is 0.828. The second-order valence-corrected chi connectivity index (χ2v) is 7.48. The van der Waals surface area contributed by atoms with Gasteiger partial charge in [0.15, 0.2) is 0 Å². The van der Waals surface area contributed by atoms with Crippen LogP contribution < -0.4 is 10.6 Å². The average molecular weight is 349 g/mol. The summed E-state index contributed by atoms with van der Waals surface area (Å²) in [6, 6.07) is 3.63. The van der Waals surface area contributed by atoms with Gasteiger partial charge in [0.25, 0.3) is 0 Å². The number of piperidine rings is 1. The highest BCUT2D eigenvalue weighted by atomic mass is 16.3. The second kappa shape index (κ2) is 8.92. The Kier molecular flexibility index (Phi) is 6.91. The van der Waals surface area contributed by atoms with Gasteiger partial charge in [-0.25, -0.2) is 4.79 Å². The van der Waals surface area contributed by atoms with Gasteiger partial charge in [0.1, 0.15) is 11.5 Å². The lowest BCUT2D eigenvalue weighted by atomic mass is 9.94. The van der Waals surface area contributed by atoms with Crippen LogP contribution in [0.25, 0.3) is 0 Å². The normalized spacial score (nSPS) is 18.9. The molecule has 2 atom stereocenters. The van der Waals surface area contributed by atoms with Gasteiger partial charge in [-0.3, -0.25) is 4.79 Å². The van der Waals surface area contributed by atoms with Crippen molar-refractivity contribution in [2.24, 2.45) is 11.8 Å². The lowest BCUT2D eigenvalue weighted by Gasteiger charge is -2.33. The van der Waals surface area contributed by atoms with E-state index in [1.165, 1.54) is 0 Å². The maximum atomic E-state index is 12.3. The fraction of sp³-hybridized carbons (Fsp3) is 0.684. The van der Waals surface area contributed by atoms with E-state index in [1.54, 1.807) is 0 Å². The molecule has 0 radical (unpaired) electrons. The highest BCUT2D eigenvalue weighted by Crippen LogP contribution is 2.21. The first-order valence-corrected chi connectivity index (χ1v) is 9.23. The van der Waals surface area contributed by atoms with Crippen molar-refractivity contribution in [3.8, 4) is 0 Å². The van der Waals surface area contributed by atoms with Gasteiger partial charge in [0.05, 0.1) is 6.04 Å². The van der Waals surface area contributed by atoms with Gasteiger partial charge in [-0.05, 0) is 50.7 Å². The highest BCUT2D eigenvalue weighted by molar-refractivity contribution is 5.77. The van der Waals surface area contributed by atoms with Crippen molar-refractivity contribution in [3.63, 3.8) is 0 Å². The molecule has 1 fully saturated rings. The minimum absolute atomic E-state index is 0.0102. The Bertz CT molecular complexity index is 582. The summed E-state index contributed by atoms with van der Waals surface area (Å²) >= 11 is 0. The summed E-state index contributed by atoms with van der Waals surface area (Å²) < 4.78 is 5.55. The van der Waals surface area contributed by atoms with Crippen LogP contribution in [0.5, 0.6) is 0 Å². The molecule has 2 rings (SSSR count). The number of carbonyl (C=O) groups is 2. The summed E-state index contributed by atoms with van der Waals surface area (Å²) in [5, 5.41) is 5.94. The number of hydrogen-bond donors (Lipinski definition) is 2. The number of carbonyl (C=O) groups excluding carboxylic acids is 2. The molecule has 1 saturated heterocycles. The van der Waals surface area contributed by atoms with Crippen LogP contribution in [0.4, 0.5) is 4.79 Å². The molecule has 140 valence electrons. The van der Waals surface area contributed by atoms with Crippen molar-refractivity contribution in [1.29, 1.82) is 0 Å². The van der Waals surface area contributed by atoms with E-state index < -0.39 is 0 Å². The minimum atomic E-state index is -0.143. The Labute approximate surface area is 150 Å². The number of nitrogens with zero attached hydrogens (tertiary/aromatic N) is 1. The Hall–Kier alpha value is -1.98. The molecular weight excluding hydrogens is 318 g/mol. The molecule has 1 aromatic rings. The van der Waals surface area contributed by atoms with Gasteiger partial charge >= 0.3 is 6.03 Å². The lowest BCUT2D eigenvalue weighted by Crippen LogP contribution is -2.47. The number of aryl methyl sites for hydroxylation is 1. The molecule has 2 N–H and O–H groups in total. The molecule has 0 spiro atoms. The van der Waals surface area contributed by atoms with Gasteiger partial charge in [0.2, 0.25) is 5.91 Å². The molecule has 6 nitrogen and oxygen atoms in total. The van der Waals surface area contributed by atoms with E-state index >= 15 is 0 Å². The van der Waals surface area contributed by atoms with Crippen molar-refractivity contribution in [3.05, 3.63) is 23.7 Å². The third kappa shape index (κ3) is 6.11. The monoisotopic (exact) mass is 349 g/mol. The maximum Gasteiger partial charge on any atom is 0.317 e. The van der Waals surface area contributed by atoms with Gasteiger partial charge in [0, 0.05) is 26.1 Å². The second-order valence-electron chi connectivity index (χ2n) is 7.48. The topological polar surface area (TPSA) is 74.6 Å². The first-order chi connectivity index (χ1) is 11.8. The number of amides is 3. The molecule has 1 aliphatic rings. The van der Waals surface area contributed by atoms with Crippen molar-refractivity contribution < 1.29 is 14.0 Å². The van der Waals surface area contributed by atoms with E-state index in [9.17, 15) is 9.59 Å². The van der Waals surface area contributed by atoms with Crippen LogP contribution in [0.3, 0.4) is 0 Å². The average Bonchev–Trinajstić information content (AvgIpc) is 2.99. The molecule has 0 saturated carbocycles. The third-order valence-corrected chi connectivity index (χ3v) is 4.51. The van der Waals surface area contributed by atoms with Crippen LogP contribution in [-0.4, -0.2) is 36.5 Å². The van der Waals surface area contributed by atoms with Crippen molar-refractivity contribution in [2.75, 3.05) is 19.6 Å². The largest absolute Gasteiger partial charge is 0.464 e. The fourth-order valence-corrected chi connectivity index (χ4v) is 3.14. The number of nitrogens with one attached hydrogen (secondary N) is 2. The zero-order valence-electron chi connectivity index (χ0n) is 15.8. The van der Waals surface area contributed by atoms with Gasteiger partial charge in [-0.15, -0.1) is 0 Å². The zero-order valence-corrected chi connectivity index (χ0v) is 15.8. The molecule has 0 bridgehead atoms. The predicted molar refractivity (Wildman–Crippen MR) is 97.2 cm³/mol. The van der Waals surface area contributed by atoms with E-state index in [-0.39, 0.29) is 23.9 Å². The van der Waals surface area contributed by atoms with Crippen LogP contribution >= 0.6 is 0 Å². The molecule has 25 heavy (non-hydrogen) atoms. The first-order valence-electron chi connectivity index (χ1n) is 9.23. The summed E-state index contributed by atoms with van der Waals surface area (Å²) in [4.78, 5) is 26.4. The van der Waals surface area contributed by atoms with Crippen LogP contribution in [0.15, 0.2) is 16.5 Å². The van der Waals surface area contributed by atoms with Crippen LogP contribution in [-0.2, 0) is 4.79 Å². The fourth-order valence-electron chi connectivity index (χ4n) is 3.14. The van der Waals surface area contributed by atoms with E-state index in [0.29, 0.717) is 25.4 Å². The summed E-state index contributed by atoms with van der Waals surface area (Å²) in [6.45, 7) is 10.1. The summed E-state index contributed by atoms with van der Waals surface area (Å²) in [6.07, 6.45) is 2.37. The van der Waals surface area contributed by atoms with Gasteiger partial charge < -0.3 is 20.0 Å². The van der Waals surface area contributed by atoms with E-state index in [1.807, 2.05) is 30.9 Å². The number of hydrogen-bond acceptors (Lipinski definition) is 3. The minimum Gasteiger partial charge on any atom is -0.464 e. The molecule has 0 aromatic carbocycles. The molecular formula is C19H31N3O3. The highest BCUT2D eigenvalue weighted by Gasteiger charge is 2.26. The summed E-state index contributed by atoms with van der Waals surface area (Å²) in [5.74, 6) is 2.26. The standard InChI is InChI=1S/C19H31N3O3/c1-13(2)11-20-19(24)22-9-5-6-16(12-22)10-18(23)21-15(4)17-8-7-14(3)25-17/h7-8,13,15-16H,5-6,9-12H2,1-4H3,(H,20,24)(H,21,23). The third-order valence-electron chi connectivity index (χ3n) is 4.51. The number of likely N-dealkylation sites (tertiary alicyclic amines) is 1. The van der Waals surface area contributed by atoms with Crippen LogP contribution in [0.2, 0.25) is 0 Å². The molecule has 2 unspecified atom stereocenters. The van der Waals surface area contributed by atoms with Crippen molar-refractivity contribution in [2.45, 2.75) is 53.0 Å². The van der Waals surface area contributed by atoms with Crippen LogP contribution in [0, 0.1) is 18.8 Å². The van der Waals surface area contributed by atoms with E-state index in [0.717, 1.165) is 30.9 Å². The molecule has 1 aliphatic heterocycles. The zero-order chi connectivity index (χ0) is 18.4. The SMILES string of the molecule is Cc1ccc(C(C)NC(=O)CC2CCCN(C(=O)NCC(C)C)C2)o1. The molecule has 3 amide bonds. The Morgan fingerprint density at radius 1 is 1.32 bits per heavy atom. The van der Waals surface area contributed by atoms with E-state index in [4.69, 9.17) is 4.42 Å². The maximum absolute atomic E-state index is 12.3.